The predicted octanol–water partition coefficient (Wildman–Crippen LogP) is 2.29. The molecular formula is C23H21NO8. The van der Waals surface area contributed by atoms with E-state index in [1.165, 1.54) is 26.4 Å². The van der Waals surface area contributed by atoms with E-state index in [-0.39, 0.29) is 12.0 Å². The van der Waals surface area contributed by atoms with Gasteiger partial charge in [0.05, 0.1) is 18.1 Å². The van der Waals surface area contributed by atoms with Crippen molar-refractivity contribution >= 4 is 22.8 Å². The third-order valence-electron chi connectivity index (χ3n) is 4.90. The lowest BCUT2D eigenvalue weighted by Gasteiger charge is -2.18. The zero-order valence-electron chi connectivity index (χ0n) is 17.5. The maximum Gasteiger partial charge on any atom is 0.328 e. The quantitative estimate of drug-likeness (QED) is 0.582. The summed E-state index contributed by atoms with van der Waals surface area (Å²) in [4.78, 5) is 36.3. The molecule has 1 atom stereocenters. The Bertz CT molecular complexity index is 1230. The van der Waals surface area contributed by atoms with E-state index in [4.69, 9.17) is 18.6 Å². The number of benzene rings is 2. The van der Waals surface area contributed by atoms with Crippen molar-refractivity contribution in [3.05, 3.63) is 52.9 Å². The second kappa shape index (κ2) is 9.01. The van der Waals surface area contributed by atoms with E-state index >= 15 is 0 Å². The first-order valence-corrected chi connectivity index (χ1v) is 9.92. The monoisotopic (exact) mass is 439 g/mol. The number of hydrogen-bond acceptors (Lipinski definition) is 8. The molecule has 3 aromatic rings. The average molecular weight is 439 g/mol. The SMILES string of the molecule is COC(=O)[C@H](C)NC(=O)COc1ccc2c(=O)c(-c3ccc4c(c3)OCCO4)coc2c1. The van der Waals surface area contributed by atoms with Gasteiger partial charge in [0.25, 0.3) is 5.91 Å². The summed E-state index contributed by atoms with van der Waals surface area (Å²) in [6.07, 6.45) is 1.38. The average Bonchev–Trinajstić information content (AvgIpc) is 2.82. The molecule has 32 heavy (non-hydrogen) atoms. The number of hydrogen-bond donors (Lipinski definition) is 1. The molecule has 1 aromatic heterocycles. The first-order valence-electron chi connectivity index (χ1n) is 9.92. The van der Waals surface area contributed by atoms with Crippen molar-refractivity contribution < 1.29 is 33.0 Å². The number of fused-ring (bicyclic) bond motifs is 2. The van der Waals surface area contributed by atoms with Crippen LogP contribution in [0.5, 0.6) is 17.2 Å². The van der Waals surface area contributed by atoms with Gasteiger partial charge in [0.1, 0.15) is 36.9 Å². The van der Waals surface area contributed by atoms with Gasteiger partial charge in [0.15, 0.2) is 23.5 Å². The fourth-order valence-electron chi connectivity index (χ4n) is 3.28. The molecule has 0 fully saturated rings. The number of rotatable bonds is 6. The van der Waals surface area contributed by atoms with Gasteiger partial charge in [0.2, 0.25) is 0 Å². The summed E-state index contributed by atoms with van der Waals surface area (Å²) in [7, 11) is 1.24. The van der Waals surface area contributed by atoms with Crippen LogP contribution >= 0.6 is 0 Å². The number of carbonyl (C=O) groups excluding carboxylic acids is 2. The first kappa shape index (κ1) is 21.2. The zero-order chi connectivity index (χ0) is 22.7. The van der Waals surface area contributed by atoms with Crippen molar-refractivity contribution in [3.8, 4) is 28.4 Å². The van der Waals surface area contributed by atoms with E-state index in [2.05, 4.69) is 10.1 Å². The molecule has 0 saturated heterocycles. The molecule has 2 aromatic carbocycles. The van der Waals surface area contributed by atoms with Crippen molar-refractivity contribution in [3.63, 3.8) is 0 Å². The highest BCUT2D eigenvalue weighted by atomic mass is 16.6. The van der Waals surface area contributed by atoms with E-state index in [9.17, 15) is 14.4 Å². The number of nitrogens with one attached hydrogen (secondary N) is 1. The fraction of sp³-hybridized carbons (Fsp3) is 0.261. The molecule has 166 valence electrons. The van der Waals surface area contributed by atoms with Gasteiger partial charge in [-0.05, 0) is 36.8 Å². The molecule has 4 rings (SSSR count). The van der Waals surface area contributed by atoms with E-state index in [1.807, 2.05) is 0 Å². The minimum absolute atomic E-state index is 0.209. The highest BCUT2D eigenvalue weighted by Gasteiger charge is 2.17. The second-order valence-electron chi connectivity index (χ2n) is 7.10. The summed E-state index contributed by atoms with van der Waals surface area (Å²) in [5, 5.41) is 2.83. The van der Waals surface area contributed by atoms with Crippen LogP contribution < -0.4 is 25.0 Å². The Morgan fingerprint density at radius 3 is 2.66 bits per heavy atom. The minimum atomic E-state index is -0.787. The van der Waals surface area contributed by atoms with Crippen LogP contribution in [0.15, 0.2) is 51.9 Å². The topological polar surface area (TPSA) is 113 Å². The minimum Gasteiger partial charge on any atom is -0.486 e. The van der Waals surface area contributed by atoms with Crippen LogP contribution in [0, 0.1) is 0 Å². The van der Waals surface area contributed by atoms with Crippen LogP contribution in [0.25, 0.3) is 22.1 Å². The zero-order valence-corrected chi connectivity index (χ0v) is 17.5. The molecule has 9 heteroatoms. The predicted molar refractivity (Wildman–Crippen MR) is 114 cm³/mol. The van der Waals surface area contributed by atoms with Crippen molar-refractivity contribution in [2.24, 2.45) is 0 Å². The number of esters is 1. The molecular weight excluding hydrogens is 418 g/mol. The van der Waals surface area contributed by atoms with Gasteiger partial charge < -0.3 is 28.7 Å². The lowest BCUT2D eigenvalue weighted by molar-refractivity contribution is -0.144. The number of methoxy groups -OCH3 is 1. The summed E-state index contributed by atoms with van der Waals surface area (Å²) < 4.78 is 26.8. The number of ether oxygens (including phenoxy) is 4. The van der Waals surface area contributed by atoms with Crippen LogP contribution in [-0.4, -0.2) is 44.8 Å². The summed E-state index contributed by atoms with van der Waals surface area (Å²) in [5.41, 5.74) is 1.15. The molecule has 9 nitrogen and oxygen atoms in total. The fourth-order valence-corrected chi connectivity index (χ4v) is 3.28. The molecule has 1 N–H and O–H groups in total. The van der Waals surface area contributed by atoms with Crippen LogP contribution in [0.2, 0.25) is 0 Å². The molecule has 0 bridgehead atoms. The maximum atomic E-state index is 13.0. The van der Waals surface area contributed by atoms with E-state index < -0.39 is 17.9 Å². The van der Waals surface area contributed by atoms with Gasteiger partial charge in [0, 0.05) is 6.07 Å². The largest absolute Gasteiger partial charge is 0.486 e. The first-order chi connectivity index (χ1) is 15.5. The standard InChI is InChI=1S/C23H21NO8/c1-13(23(27)28-2)24-21(25)12-31-15-4-5-16-19(10-15)32-11-17(22(16)26)14-3-6-18-20(9-14)30-8-7-29-18/h3-6,9-11,13H,7-8,12H2,1-2H3,(H,24,25)/t13-/m0/s1. The smallest absolute Gasteiger partial charge is 0.328 e. The Morgan fingerprint density at radius 1 is 1.09 bits per heavy atom. The Hall–Kier alpha value is -4.01. The van der Waals surface area contributed by atoms with Gasteiger partial charge in [-0.25, -0.2) is 4.79 Å². The van der Waals surface area contributed by atoms with Crippen molar-refractivity contribution in [2.75, 3.05) is 26.9 Å². The molecule has 1 aliphatic heterocycles. The highest BCUT2D eigenvalue weighted by molar-refractivity contribution is 5.85. The summed E-state index contributed by atoms with van der Waals surface area (Å²) >= 11 is 0. The molecule has 1 amide bonds. The maximum absolute atomic E-state index is 13.0. The third kappa shape index (κ3) is 4.36. The lowest BCUT2D eigenvalue weighted by atomic mass is 10.0. The Balaban J connectivity index is 1.51. The highest BCUT2D eigenvalue weighted by Crippen LogP contribution is 2.34. The van der Waals surface area contributed by atoms with Crippen molar-refractivity contribution in [2.45, 2.75) is 13.0 Å². The molecule has 1 aliphatic rings. The third-order valence-corrected chi connectivity index (χ3v) is 4.90. The van der Waals surface area contributed by atoms with Crippen molar-refractivity contribution in [1.82, 2.24) is 5.32 Å². The lowest BCUT2D eigenvalue weighted by Crippen LogP contribution is -2.41. The van der Waals surface area contributed by atoms with Gasteiger partial charge in [-0.15, -0.1) is 0 Å². The molecule has 0 unspecified atom stereocenters. The number of carbonyl (C=O) groups is 2. The Morgan fingerprint density at radius 2 is 1.88 bits per heavy atom. The van der Waals surface area contributed by atoms with E-state index in [1.54, 1.807) is 30.3 Å². The molecule has 2 heterocycles. The van der Waals surface area contributed by atoms with Crippen LogP contribution in [0.4, 0.5) is 0 Å². The molecule has 0 spiro atoms. The van der Waals surface area contributed by atoms with E-state index in [0.717, 1.165) is 0 Å². The second-order valence-corrected chi connectivity index (χ2v) is 7.10. The van der Waals surface area contributed by atoms with Gasteiger partial charge in [-0.2, -0.15) is 0 Å². The Labute approximate surface area is 182 Å². The molecule has 0 saturated carbocycles. The summed E-state index contributed by atoms with van der Waals surface area (Å²) in [6.45, 7) is 2.13. The van der Waals surface area contributed by atoms with Crippen LogP contribution in [0.1, 0.15) is 6.92 Å². The normalized spacial score (nSPS) is 13.3. The van der Waals surface area contributed by atoms with Gasteiger partial charge in [-0.3, -0.25) is 9.59 Å². The van der Waals surface area contributed by atoms with E-state index in [0.29, 0.717) is 52.6 Å². The summed E-state index contributed by atoms with van der Waals surface area (Å²) in [6, 6.07) is 9.17. The Kier molecular flexibility index (Phi) is 5.98. The van der Waals surface area contributed by atoms with Crippen molar-refractivity contribution in [1.29, 1.82) is 0 Å². The molecule has 0 radical (unpaired) electrons. The van der Waals surface area contributed by atoms with Gasteiger partial charge in [-0.1, -0.05) is 6.07 Å². The number of amides is 1. The van der Waals surface area contributed by atoms with Gasteiger partial charge >= 0.3 is 5.97 Å². The van der Waals surface area contributed by atoms with Crippen LogP contribution in [0.3, 0.4) is 0 Å². The van der Waals surface area contributed by atoms with Crippen LogP contribution in [-0.2, 0) is 14.3 Å². The molecule has 0 aliphatic carbocycles. The summed E-state index contributed by atoms with van der Waals surface area (Å²) in [5.74, 6) is 0.514.